The fourth-order valence-electron chi connectivity index (χ4n) is 2.38. The first-order valence-electron chi connectivity index (χ1n) is 6.22. The van der Waals surface area contributed by atoms with Crippen LogP contribution in [0, 0.1) is 5.92 Å². The van der Waals surface area contributed by atoms with Crippen LogP contribution in [0.15, 0.2) is 0 Å². The smallest absolute Gasteiger partial charge is 0.389 e. The molecule has 0 spiro atoms. The van der Waals surface area contributed by atoms with Gasteiger partial charge in [0.25, 0.3) is 0 Å². The number of hydrogen-bond donors (Lipinski definition) is 1. The average Bonchev–Trinajstić information content (AvgIpc) is 2.24. The van der Waals surface area contributed by atoms with Gasteiger partial charge in [-0.15, -0.1) is 0 Å². The van der Waals surface area contributed by atoms with Gasteiger partial charge in [-0.25, -0.2) is 0 Å². The van der Waals surface area contributed by atoms with Crippen molar-refractivity contribution in [2.75, 3.05) is 0 Å². The Bertz CT molecular complexity index is 185. The van der Waals surface area contributed by atoms with Gasteiger partial charge in [-0.1, -0.05) is 32.1 Å². The molecule has 0 amide bonds. The van der Waals surface area contributed by atoms with Crippen molar-refractivity contribution < 1.29 is 18.3 Å². The van der Waals surface area contributed by atoms with Gasteiger partial charge in [-0.2, -0.15) is 13.2 Å². The van der Waals surface area contributed by atoms with Crippen molar-refractivity contribution >= 4 is 0 Å². The molecular weight excluding hydrogens is 217 g/mol. The van der Waals surface area contributed by atoms with Crippen molar-refractivity contribution in [1.82, 2.24) is 0 Å². The summed E-state index contributed by atoms with van der Waals surface area (Å²) in [6, 6.07) is 0. The summed E-state index contributed by atoms with van der Waals surface area (Å²) < 4.78 is 35.7. The lowest BCUT2D eigenvalue weighted by molar-refractivity contribution is -0.140. The van der Waals surface area contributed by atoms with Crippen LogP contribution in [-0.4, -0.2) is 17.4 Å². The highest BCUT2D eigenvalue weighted by Gasteiger charge is 2.28. The predicted molar refractivity (Wildman–Crippen MR) is 57.1 cm³/mol. The quantitative estimate of drug-likeness (QED) is 0.766. The molecule has 1 atom stereocenters. The summed E-state index contributed by atoms with van der Waals surface area (Å²) in [6.07, 6.45) is 1.64. The summed E-state index contributed by atoms with van der Waals surface area (Å²) in [6.45, 7) is 0. The highest BCUT2D eigenvalue weighted by molar-refractivity contribution is 4.68. The van der Waals surface area contributed by atoms with Gasteiger partial charge in [-0.3, -0.25) is 0 Å². The van der Waals surface area contributed by atoms with E-state index in [9.17, 15) is 18.3 Å². The Balaban J connectivity index is 2.07. The topological polar surface area (TPSA) is 20.2 Å². The molecule has 1 saturated carbocycles. The highest BCUT2D eigenvalue weighted by atomic mass is 19.4. The van der Waals surface area contributed by atoms with E-state index in [-0.39, 0.29) is 6.42 Å². The summed E-state index contributed by atoms with van der Waals surface area (Å²) in [5, 5.41) is 9.44. The Morgan fingerprint density at radius 3 is 2.25 bits per heavy atom. The van der Waals surface area contributed by atoms with Crippen LogP contribution in [0.3, 0.4) is 0 Å². The third-order valence-electron chi connectivity index (χ3n) is 3.39. The molecule has 16 heavy (non-hydrogen) atoms. The molecule has 0 aromatic heterocycles. The third-order valence-corrected chi connectivity index (χ3v) is 3.39. The van der Waals surface area contributed by atoms with Gasteiger partial charge in [0.15, 0.2) is 0 Å². The van der Waals surface area contributed by atoms with Crippen molar-refractivity contribution in [3.63, 3.8) is 0 Å². The number of aliphatic hydroxyl groups is 1. The van der Waals surface area contributed by atoms with E-state index in [0.29, 0.717) is 12.3 Å². The van der Waals surface area contributed by atoms with Gasteiger partial charge in [0.1, 0.15) is 0 Å². The number of hydrogen-bond acceptors (Lipinski definition) is 1. The standard InChI is InChI=1S/C12H21F3O/c13-12(14,15)9-8-11(16)7-6-10-4-2-1-3-5-10/h10-11,16H,1-9H2. The number of aliphatic hydroxyl groups excluding tert-OH is 1. The predicted octanol–water partition coefficient (Wildman–Crippen LogP) is 4.05. The molecule has 1 fully saturated rings. The van der Waals surface area contributed by atoms with Gasteiger partial charge < -0.3 is 5.11 Å². The molecular formula is C12H21F3O. The molecule has 1 nitrogen and oxygen atoms in total. The zero-order valence-corrected chi connectivity index (χ0v) is 9.60. The van der Waals surface area contributed by atoms with E-state index in [1.165, 1.54) is 32.1 Å². The molecule has 0 bridgehead atoms. The molecule has 96 valence electrons. The maximum atomic E-state index is 11.9. The first-order chi connectivity index (χ1) is 7.47. The van der Waals surface area contributed by atoms with Gasteiger partial charge >= 0.3 is 6.18 Å². The Morgan fingerprint density at radius 2 is 1.69 bits per heavy atom. The lowest BCUT2D eigenvalue weighted by atomic mass is 9.85. The summed E-state index contributed by atoms with van der Waals surface area (Å²) in [7, 11) is 0. The average molecular weight is 238 g/mol. The Labute approximate surface area is 95.0 Å². The van der Waals surface area contributed by atoms with Crippen molar-refractivity contribution in [3.05, 3.63) is 0 Å². The van der Waals surface area contributed by atoms with Crippen LogP contribution < -0.4 is 0 Å². The zero-order valence-electron chi connectivity index (χ0n) is 9.60. The normalized spacial score (nSPS) is 21.0. The first kappa shape index (κ1) is 13.8. The maximum Gasteiger partial charge on any atom is 0.389 e. The molecule has 0 aliphatic heterocycles. The monoisotopic (exact) mass is 238 g/mol. The SMILES string of the molecule is OC(CCC1CCCCC1)CCC(F)(F)F. The van der Waals surface area contributed by atoms with Crippen LogP contribution in [0.2, 0.25) is 0 Å². The summed E-state index contributed by atoms with van der Waals surface area (Å²) >= 11 is 0. The Hall–Kier alpha value is -0.250. The van der Waals surface area contributed by atoms with Crippen LogP contribution in [0.5, 0.6) is 0 Å². The van der Waals surface area contributed by atoms with E-state index in [1.54, 1.807) is 0 Å². The minimum atomic E-state index is -4.13. The number of rotatable bonds is 5. The van der Waals surface area contributed by atoms with E-state index in [0.717, 1.165) is 6.42 Å². The second-order valence-corrected chi connectivity index (χ2v) is 4.89. The minimum Gasteiger partial charge on any atom is -0.393 e. The first-order valence-corrected chi connectivity index (χ1v) is 6.22. The third kappa shape index (κ3) is 6.36. The number of halogens is 3. The molecule has 0 aromatic carbocycles. The zero-order chi connectivity index (χ0) is 12.0. The Kier molecular flexibility index (Phi) is 5.59. The van der Waals surface area contributed by atoms with Crippen molar-refractivity contribution in [2.45, 2.75) is 70.1 Å². The largest absolute Gasteiger partial charge is 0.393 e. The molecule has 1 aliphatic carbocycles. The van der Waals surface area contributed by atoms with Gasteiger partial charge in [0.05, 0.1) is 6.10 Å². The molecule has 0 heterocycles. The van der Waals surface area contributed by atoms with Crippen molar-refractivity contribution in [3.8, 4) is 0 Å². The van der Waals surface area contributed by atoms with E-state index in [1.807, 2.05) is 0 Å². The van der Waals surface area contributed by atoms with Gasteiger partial charge in [0, 0.05) is 6.42 Å². The van der Waals surface area contributed by atoms with Gasteiger partial charge in [0.2, 0.25) is 0 Å². The molecule has 0 aromatic rings. The number of alkyl halides is 3. The fraction of sp³-hybridized carbons (Fsp3) is 1.00. The highest BCUT2D eigenvalue weighted by Crippen LogP contribution is 2.29. The summed E-state index contributed by atoms with van der Waals surface area (Å²) in [4.78, 5) is 0. The molecule has 0 radical (unpaired) electrons. The van der Waals surface area contributed by atoms with Gasteiger partial charge in [-0.05, 0) is 25.2 Å². The second-order valence-electron chi connectivity index (χ2n) is 4.89. The van der Waals surface area contributed by atoms with E-state index in [4.69, 9.17) is 0 Å². The van der Waals surface area contributed by atoms with Crippen molar-refractivity contribution in [1.29, 1.82) is 0 Å². The van der Waals surface area contributed by atoms with Crippen LogP contribution in [-0.2, 0) is 0 Å². The molecule has 1 unspecified atom stereocenters. The lowest BCUT2D eigenvalue weighted by Crippen LogP contribution is -2.16. The fourth-order valence-corrected chi connectivity index (χ4v) is 2.38. The minimum absolute atomic E-state index is 0.143. The molecule has 1 rings (SSSR count). The maximum absolute atomic E-state index is 11.9. The molecule has 1 N–H and O–H groups in total. The molecule has 1 aliphatic rings. The second kappa shape index (κ2) is 6.48. The van der Waals surface area contributed by atoms with E-state index < -0.39 is 18.7 Å². The summed E-state index contributed by atoms with van der Waals surface area (Å²) in [5.41, 5.74) is 0. The molecule has 0 saturated heterocycles. The van der Waals surface area contributed by atoms with Crippen LogP contribution in [0.1, 0.15) is 57.8 Å². The van der Waals surface area contributed by atoms with Crippen LogP contribution in [0.25, 0.3) is 0 Å². The summed E-state index contributed by atoms with van der Waals surface area (Å²) in [5.74, 6) is 0.634. The van der Waals surface area contributed by atoms with E-state index in [2.05, 4.69) is 0 Å². The van der Waals surface area contributed by atoms with Crippen LogP contribution >= 0.6 is 0 Å². The van der Waals surface area contributed by atoms with Crippen LogP contribution in [0.4, 0.5) is 13.2 Å². The molecule has 4 heteroatoms. The van der Waals surface area contributed by atoms with Crippen molar-refractivity contribution in [2.24, 2.45) is 5.92 Å². The van der Waals surface area contributed by atoms with E-state index >= 15 is 0 Å². The lowest BCUT2D eigenvalue weighted by Gasteiger charge is -2.22. The Morgan fingerprint density at radius 1 is 1.06 bits per heavy atom.